The van der Waals surface area contributed by atoms with Gasteiger partial charge in [-0.3, -0.25) is 4.79 Å². The average molecular weight is 427 g/mol. The summed E-state index contributed by atoms with van der Waals surface area (Å²) in [6, 6.07) is 13.3. The van der Waals surface area contributed by atoms with Gasteiger partial charge in [0.2, 0.25) is 0 Å². The molecule has 2 heterocycles. The van der Waals surface area contributed by atoms with Gasteiger partial charge in [-0.1, -0.05) is 18.2 Å². The van der Waals surface area contributed by atoms with E-state index in [0.717, 1.165) is 17.1 Å². The third kappa shape index (κ3) is 4.77. The Bertz CT molecular complexity index is 913. The highest BCUT2D eigenvalue weighted by Gasteiger charge is 2.47. The number of benzene rings is 1. The molecule has 1 aliphatic rings. The molecule has 31 heavy (non-hydrogen) atoms. The molecule has 2 atom stereocenters. The molecular weight excluding hydrogens is 392 g/mol. The Balaban J connectivity index is 1.88. The van der Waals surface area contributed by atoms with Crippen LogP contribution in [-0.2, 0) is 9.53 Å². The van der Waals surface area contributed by atoms with Gasteiger partial charge in [-0.2, -0.15) is 0 Å². The van der Waals surface area contributed by atoms with Crippen LogP contribution < -0.4 is 5.01 Å². The van der Waals surface area contributed by atoms with Crippen molar-refractivity contribution in [3.63, 3.8) is 0 Å². The fourth-order valence-electron chi connectivity index (χ4n) is 4.18. The van der Waals surface area contributed by atoms with Crippen LogP contribution in [0.4, 0.5) is 10.5 Å². The van der Waals surface area contributed by atoms with Gasteiger partial charge in [0.1, 0.15) is 11.6 Å². The van der Waals surface area contributed by atoms with E-state index in [4.69, 9.17) is 4.74 Å². The lowest BCUT2D eigenvalue weighted by molar-refractivity contribution is -0.120. The van der Waals surface area contributed by atoms with Gasteiger partial charge in [-0.05, 0) is 65.3 Å². The molecule has 0 saturated carbocycles. The highest BCUT2D eigenvalue weighted by molar-refractivity contribution is 5.98. The average Bonchev–Trinajstić information content (AvgIpc) is 3.14. The van der Waals surface area contributed by atoms with Crippen molar-refractivity contribution in [1.29, 1.82) is 0 Å². The normalized spacial score (nSPS) is 19.7. The van der Waals surface area contributed by atoms with Crippen LogP contribution in [0.5, 0.6) is 0 Å². The molecule has 7 nitrogen and oxygen atoms in total. The van der Waals surface area contributed by atoms with Crippen LogP contribution >= 0.6 is 0 Å². The van der Waals surface area contributed by atoms with Crippen molar-refractivity contribution in [2.45, 2.75) is 58.7 Å². The third-order valence-corrected chi connectivity index (χ3v) is 5.69. The molecule has 2 amide bonds. The number of aromatic nitrogens is 1. The second-order valence-electron chi connectivity index (χ2n) is 9.25. The number of carbonyl (C=O) groups excluding carboxylic acids is 2. The van der Waals surface area contributed by atoms with Gasteiger partial charge in [0, 0.05) is 32.0 Å². The summed E-state index contributed by atoms with van der Waals surface area (Å²) >= 11 is 0. The number of hydrogen-bond acceptors (Lipinski definition) is 4. The summed E-state index contributed by atoms with van der Waals surface area (Å²) in [6.45, 7) is 10.1. The summed E-state index contributed by atoms with van der Waals surface area (Å²) < 4.78 is 7.59. The Morgan fingerprint density at radius 1 is 1.06 bits per heavy atom. The second-order valence-corrected chi connectivity index (χ2v) is 9.25. The van der Waals surface area contributed by atoms with Crippen LogP contribution in [0.25, 0.3) is 0 Å². The van der Waals surface area contributed by atoms with Gasteiger partial charge in [-0.25, -0.2) is 14.8 Å². The molecule has 2 aromatic rings. The summed E-state index contributed by atoms with van der Waals surface area (Å²) in [5, 5.41) is 3.76. The zero-order chi connectivity index (χ0) is 22.9. The molecule has 7 heteroatoms. The zero-order valence-electron chi connectivity index (χ0n) is 19.6. The van der Waals surface area contributed by atoms with E-state index in [0.29, 0.717) is 13.0 Å². The topological polar surface area (TPSA) is 58.0 Å². The van der Waals surface area contributed by atoms with Crippen molar-refractivity contribution in [2.24, 2.45) is 0 Å². The maximum absolute atomic E-state index is 13.7. The maximum Gasteiger partial charge on any atom is 0.410 e. The lowest BCUT2D eigenvalue weighted by atomic mass is 10.0. The van der Waals surface area contributed by atoms with E-state index in [9.17, 15) is 9.59 Å². The number of rotatable bonds is 5. The summed E-state index contributed by atoms with van der Waals surface area (Å²) in [5.41, 5.74) is 2.39. The Morgan fingerprint density at radius 3 is 2.19 bits per heavy atom. The van der Waals surface area contributed by atoms with Gasteiger partial charge in [-0.15, -0.1) is 0 Å². The van der Waals surface area contributed by atoms with E-state index in [1.165, 1.54) is 0 Å². The quantitative estimate of drug-likeness (QED) is 0.720. The van der Waals surface area contributed by atoms with Crippen LogP contribution in [0.1, 0.15) is 44.6 Å². The Morgan fingerprint density at radius 2 is 1.65 bits per heavy atom. The fraction of sp³-hybridized carbons (Fsp3) is 0.500. The van der Waals surface area contributed by atoms with Crippen LogP contribution in [-0.4, -0.2) is 58.8 Å². The Labute approximate surface area is 185 Å². The summed E-state index contributed by atoms with van der Waals surface area (Å²) in [5.74, 6) is 0.0287. The molecule has 0 bridgehead atoms. The number of para-hydroxylation sites is 1. The minimum Gasteiger partial charge on any atom is -0.444 e. The number of hydrogen-bond donors (Lipinski definition) is 0. The van der Waals surface area contributed by atoms with Gasteiger partial charge >= 0.3 is 6.09 Å². The lowest BCUT2D eigenvalue weighted by Gasteiger charge is -2.30. The number of nitrogens with zero attached hydrogens (tertiary/aromatic N) is 4. The predicted molar refractivity (Wildman–Crippen MR) is 122 cm³/mol. The molecule has 1 saturated heterocycles. The van der Waals surface area contributed by atoms with Crippen molar-refractivity contribution in [3.05, 3.63) is 53.9 Å². The Hall–Kier alpha value is -2.80. The second kappa shape index (κ2) is 8.75. The molecule has 1 aromatic carbocycles. The number of aryl methyl sites for hydroxylation is 2. The first-order chi connectivity index (χ1) is 14.5. The standard InChI is InChI=1S/C24H34N4O3/c1-17-13-14-18(2)27(17)21-20(15-16-25(6)23(30)31-24(3,4)5)26(7)28(22(21)29)19-11-9-8-10-12-19/h8-14,20-21H,15-16H2,1-7H3. The molecule has 3 rings (SSSR count). The van der Waals surface area contributed by atoms with Crippen LogP contribution in [0.15, 0.2) is 42.5 Å². The molecule has 1 fully saturated rings. The first kappa shape index (κ1) is 22.9. The molecule has 1 aliphatic heterocycles. The minimum atomic E-state index is -0.544. The summed E-state index contributed by atoms with van der Waals surface area (Å²) in [4.78, 5) is 27.7. The van der Waals surface area contributed by atoms with Crippen molar-refractivity contribution in [2.75, 3.05) is 25.6 Å². The van der Waals surface area contributed by atoms with Gasteiger partial charge in [0.25, 0.3) is 5.91 Å². The number of amides is 2. The van der Waals surface area contributed by atoms with Crippen molar-refractivity contribution >= 4 is 17.7 Å². The highest BCUT2D eigenvalue weighted by Crippen LogP contribution is 2.36. The molecule has 0 N–H and O–H groups in total. The number of anilines is 1. The largest absolute Gasteiger partial charge is 0.444 e. The number of carbonyl (C=O) groups is 2. The van der Waals surface area contributed by atoms with Crippen molar-refractivity contribution in [3.8, 4) is 0 Å². The van der Waals surface area contributed by atoms with E-state index in [1.807, 2.05) is 89.1 Å². The van der Waals surface area contributed by atoms with Crippen LogP contribution in [0, 0.1) is 13.8 Å². The van der Waals surface area contributed by atoms with Gasteiger partial charge in [0.15, 0.2) is 0 Å². The van der Waals surface area contributed by atoms with Crippen molar-refractivity contribution < 1.29 is 14.3 Å². The van der Waals surface area contributed by atoms with Gasteiger partial charge < -0.3 is 14.2 Å². The lowest BCUT2D eigenvalue weighted by Crippen LogP contribution is -2.42. The monoisotopic (exact) mass is 426 g/mol. The van der Waals surface area contributed by atoms with Gasteiger partial charge in [0.05, 0.1) is 11.7 Å². The van der Waals surface area contributed by atoms with E-state index in [-0.39, 0.29) is 24.1 Å². The summed E-state index contributed by atoms with van der Waals surface area (Å²) in [7, 11) is 3.68. The molecule has 1 aromatic heterocycles. The number of ether oxygens (including phenoxy) is 1. The Kier molecular flexibility index (Phi) is 6.46. The third-order valence-electron chi connectivity index (χ3n) is 5.69. The molecule has 0 spiro atoms. The predicted octanol–water partition coefficient (Wildman–Crippen LogP) is 4.17. The smallest absolute Gasteiger partial charge is 0.410 e. The van der Waals surface area contributed by atoms with Crippen LogP contribution in [0.3, 0.4) is 0 Å². The summed E-state index contributed by atoms with van der Waals surface area (Å²) in [6.07, 6.45) is 0.271. The van der Waals surface area contributed by atoms with E-state index in [2.05, 4.69) is 4.57 Å². The minimum absolute atomic E-state index is 0.0287. The zero-order valence-corrected chi connectivity index (χ0v) is 19.6. The van der Waals surface area contributed by atoms with Crippen molar-refractivity contribution in [1.82, 2.24) is 14.5 Å². The highest BCUT2D eigenvalue weighted by atomic mass is 16.6. The SMILES string of the molecule is Cc1ccc(C)n1C1C(=O)N(c2ccccc2)N(C)C1CCN(C)C(=O)OC(C)(C)C. The molecular formula is C24H34N4O3. The maximum atomic E-state index is 13.7. The molecule has 0 aliphatic carbocycles. The van der Waals surface area contributed by atoms with Crippen LogP contribution in [0.2, 0.25) is 0 Å². The fourth-order valence-corrected chi connectivity index (χ4v) is 4.18. The molecule has 168 valence electrons. The molecule has 0 radical (unpaired) electrons. The number of likely N-dealkylation sites (N-methyl/N-ethyl adjacent to an activating group) is 1. The first-order valence-corrected chi connectivity index (χ1v) is 10.7. The van der Waals surface area contributed by atoms with E-state index >= 15 is 0 Å². The van der Waals surface area contributed by atoms with E-state index < -0.39 is 5.60 Å². The van der Waals surface area contributed by atoms with E-state index in [1.54, 1.807) is 17.0 Å². The first-order valence-electron chi connectivity index (χ1n) is 10.7. The molecule has 2 unspecified atom stereocenters. The number of hydrazine groups is 1.